The van der Waals surface area contributed by atoms with Crippen LogP contribution in [0.3, 0.4) is 0 Å². The second-order valence-corrected chi connectivity index (χ2v) is 4.40. The molecule has 1 heterocycles. The van der Waals surface area contributed by atoms with Crippen LogP contribution in [0.1, 0.15) is 26.7 Å². The average molecular weight is 214 g/mol. The van der Waals surface area contributed by atoms with Crippen molar-refractivity contribution in [1.29, 1.82) is 0 Å². The summed E-state index contributed by atoms with van der Waals surface area (Å²) in [7, 11) is 2.12. The van der Waals surface area contributed by atoms with Crippen molar-refractivity contribution in [3.63, 3.8) is 0 Å². The fourth-order valence-electron chi connectivity index (χ4n) is 2.06. The monoisotopic (exact) mass is 214 g/mol. The first-order valence-electron chi connectivity index (χ1n) is 5.32. The van der Waals surface area contributed by atoms with Crippen LogP contribution in [0.2, 0.25) is 0 Å². The molecule has 86 valence electrons. The Bertz CT molecular complexity index is 239. The SMILES string of the molecule is CC(=O)NC1(NC(C)=O)CC[NH+](C)CC1. The Kier molecular flexibility index (Phi) is 3.68. The minimum Gasteiger partial charge on any atom is -0.337 e. The van der Waals surface area contributed by atoms with E-state index in [9.17, 15) is 9.59 Å². The third-order valence-electron chi connectivity index (χ3n) is 2.79. The summed E-state index contributed by atoms with van der Waals surface area (Å²) in [5.41, 5.74) is -0.517. The van der Waals surface area contributed by atoms with Gasteiger partial charge in [0.05, 0.1) is 20.1 Å². The molecule has 0 unspecified atom stereocenters. The van der Waals surface area contributed by atoms with Gasteiger partial charge in [-0.15, -0.1) is 0 Å². The van der Waals surface area contributed by atoms with Gasteiger partial charge in [-0.05, 0) is 0 Å². The minimum atomic E-state index is -0.517. The highest BCUT2D eigenvalue weighted by molar-refractivity contribution is 5.77. The molecule has 5 heteroatoms. The van der Waals surface area contributed by atoms with Crippen LogP contribution in [0.25, 0.3) is 0 Å². The molecular formula is C10H20N3O2+. The van der Waals surface area contributed by atoms with Crippen molar-refractivity contribution in [2.24, 2.45) is 0 Å². The van der Waals surface area contributed by atoms with Crippen LogP contribution < -0.4 is 15.5 Å². The third-order valence-corrected chi connectivity index (χ3v) is 2.79. The van der Waals surface area contributed by atoms with Gasteiger partial charge >= 0.3 is 0 Å². The lowest BCUT2D eigenvalue weighted by molar-refractivity contribution is -0.886. The van der Waals surface area contributed by atoms with Gasteiger partial charge in [0.25, 0.3) is 0 Å². The van der Waals surface area contributed by atoms with Crippen LogP contribution in [0.5, 0.6) is 0 Å². The van der Waals surface area contributed by atoms with Gasteiger partial charge in [0.15, 0.2) is 0 Å². The van der Waals surface area contributed by atoms with E-state index in [0.29, 0.717) is 0 Å². The molecule has 15 heavy (non-hydrogen) atoms. The maximum Gasteiger partial charge on any atom is 0.218 e. The Morgan fingerprint density at radius 3 is 1.80 bits per heavy atom. The molecule has 0 bridgehead atoms. The summed E-state index contributed by atoms with van der Waals surface area (Å²) >= 11 is 0. The summed E-state index contributed by atoms with van der Waals surface area (Å²) in [6.45, 7) is 4.88. The second kappa shape index (κ2) is 4.61. The number of hydrogen-bond donors (Lipinski definition) is 3. The molecule has 3 N–H and O–H groups in total. The number of quaternary nitrogens is 1. The summed E-state index contributed by atoms with van der Waals surface area (Å²) in [5.74, 6) is -0.188. The van der Waals surface area contributed by atoms with Crippen molar-refractivity contribution in [2.45, 2.75) is 32.4 Å². The molecule has 1 saturated heterocycles. The first-order chi connectivity index (χ1) is 6.93. The maximum absolute atomic E-state index is 11.1. The molecule has 1 rings (SSSR count). The molecule has 0 spiro atoms. The molecule has 1 fully saturated rings. The van der Waals surface area contributed by atoms with E-state index >= 15 is 0 Å². The van der Waals surface area contributed by atoms with Gasteiger partial charge in [0, 0.05) is 26.7 Å². The summed E-state index contributed by atoms with van der Waals surface area (Å²) in [6.07, 6.45) is 1.58. The van der Waals surface area contributed by atoms with Crippen LogP contribution in [-0.2, 0) is 9.59 Å². The number of amides is 2. The van der Waals surface area contributed by atoms with Crippen LogP contribution in [-0.4, -0.2) is 37.6 Å². The van der Waals surface area contributed by atoms with Gasteiger partial charge in [0.2, 0.25) is 11.8 Å². The Morgan fingerprint density at radius 2 is 1.47 bits per heavy atom. The van der Waals surface area contributed by atoms with Crippen LogP contribution in [0, 0.1) is 0 Å². The number of hydrogen-bond acceptors (Lipinski definition) is 2. The standard InChI is InChI=1S/C10H19N3O2/c1-8(14)11-10(12-9(2)15)4-6-13(3)7-5-10/h4-7H2,1-3H3,(H,11,14)(H,12,15)/p+1. The van der Waals surface area contributed by atoms with Crippen molar-refractivity contribution in [2.75, 3.05) is 20.1 Å². The molecule has 0 radical (unpaired) electrons. The summed E-state index contributed by atoms with van der Waals surface area (Å²) in [5, 5.41) is 5.73. The molecule has 0 saturated carbocycles. The first kappa shape index (κ1) is 12.0. The van der Waals surface area contributed by atoms with Crippen LogP contribution >= 0.6 is 0 Å². The average Bonchev–Trinajstić information content (AvgIpc) is 2.08. The van der Waals surface area contributed by atoms with E-state index in [1.807, 2.05) is 0 Å². The van der Waals surface area contributed by atoms with E-state index in [2.05, 4.69) is 17.7 Å². The van der Waals surface area contributed by atoms with E-state index in [-0.39, 0.29) is 11.8 Å². The zero-order valence-corrected chi connectivity index (χ0v) is 9.64. The molecule has 0 aromatic rings. The summed E-state index contributed by atoms with van der Waals surface area (Å²) in [6, 6.07) is 0. The van der Waals surface area contributed by atoms with E-state index in [4.69, 9.17) is 0 Å². The van der Waals surface area contributed by atoms with Gasteiger partial charge in [-0.3, -0.25) is 9.59 Å². The zero-order chi connectivity index (χ0) is 11.5. The highest BCUT2D eigenvalue weighted by atomic mass is 16.2. The topological polar surface area (TPSA) is 62.6 Å². The number of piperidine rings is 1. The molecule has 0 aromatic heterocycles. The Hall–Kier alpha value is -1.10. The molecule has 0 atom stereocenters. The first-order valence-corrected chi connectivity index (χ1v) is 5.32. The van der Waals surface area contributed by atoms with E-state index in [0.717, 1.165) is 25.9 Å². The lowest BCUT2D eigenvalue weighted by Crippen LogP contribution is -3.11. The number of nitrogens with one attached hydrogen (secondary N) is 3. The van der Waals surface area contributed by atoms with E-state index < -0.39 is 5.66 Å². The predicted octanol–water partition coefficient (Wildman–Crippen LogP) is -1.74. The highest BCUT2D eigenvalue weighted by Gasteiger charge is 2.36. The van der Waals surface area contributed by atoms with Crippen LogP contribution in [0.15, 0.2) is 0 Å². The molecule has 5 nitrogen and oxygen atoms in total. The molecule has 2 amide bonds. The molecule has 0 aromatic carbocycles. The van der Waals surface area contributed by atoms with Gasteiger partial charge in [0.1, 0.15) is 5.66 Å². The quantitative estimate of drug-likeness (QED) is 0.478. The normalized spacial score (nSPS) is 20.7. The largest absolute Gasteiger partial charge is 0.337 e. The molecular weight excluding hydrogens is 194 g/mol. The molecule has 1 aliphatic rings. The zero-order valence-electron chi connectivity index (χ0n) is 9.64. The number of likely N-dealkylation sites (tertiary alicyclic amines) is 1. The molecule has 1 aliphatic heterocycles. The summed E-state index contributed by atoms with van der Waals surface area (Å²) < 4.78 is 0. The predicted molar refractivity (Wildman–Crippen MR) is 56.2 cm³/mol. The number of carbonyl (C=O) groups excluding carboxylic acids is 2. The van der Waals surface area contributed by atoms with Crippen LogP contribution in [0.4, 0.5) is 0 Å². The van der Waals surface area contributed by atoms with Crippen molar-refractivity contribution >= 4 is 11.8 Å². The van der Waals surface area contributed by atoms with Gasteiger partial charge in [-0.2, -0.15) is 0 Å². The fraction of sp³-hybridized carbons (Fsp3) is 0.800. The molecule has 0 aliphatic carbocycles. The fourth-order valence-corrected chi connectivity index (χ4v) is 2.06. The van der Waals surface area contributed by atoms with E-state index in [1.165, 1.54) is 18.7 Å². The maximum atomic E-state index is 11.1. The Labute approximate surface area is 90.2 Å². The van der Waals surface area contributed by atoms with Crippen molar-refractivity contribution in [3.8, 4) is 0 Å². The van der Waals surface area contributed by atoms with Gasteiger partial charge in [-0.25, -0.2) is 0 Å². The lowest BCUT2D eigenvalue weighted by atomic mass is 9.96. The lowest BCUT2D eigenvalue weighted by Gasteiger charge is -2.39. The van der Waals surface area contributed by atoms with Crippen molar-refractivity contribution in [3.05, 3.63) is 0 Å². The Morgan fingerprint density at radius 1 is 1.07 bits per heavy atom. The van der Waals surface area contributed by atoms with Gasteiger partial charge in [-0.1, -0.05) is 0 Å². The number of rotatable bonds is 2. The smallest absolute Gasteiger partial charge is 0.218 e. The second-order valence-electron chi connectivity index (χ2n) is 4.40. The summed E-state index contributed by atoms with van der Waals surface area (Å²) in [4.78, 5) is 23.7. The van der Waals surface area contributed by atoms with E-state index in [1.54, 1.807) is 0 Å². The minimum absolute atomic E-state index is 0.0942. The van der Waals surface area contributed by atoms with Gasteiger partial charge < -0.3 is 15.5 Å². The van der Waals surface area contributed by atoms with Crippen molar-refractivity contribution < 1.29 is 14.5 Å². The highest BCUT2D eigenvalue weighted by Crippen LogP contribution is 2.12. The Balaban J connectivity index is 2.68. The third kappa shape index (κ3) is 3.51. The van der Waals surface area contributed by atoms with Crippen molar-refractivity contribution in [1.82, 2.24) is 10.6 Å². The number of carbonyl (C=O) groups is 2.